The van der Waals surface area contributed by atoms with Crippen LogP contribution in [0, 0.1) is 23.0 Å². The largest absolute Gasteiger partial charge is 0.461 e. The predicted octanol–water partition coefficient (Wildman–Crippen LogP) is 6.71. The minimum absolute atomic E-state index is 0.0316. The number of aryl methyl sites for hydroxylation is 1. The molecule has 3 aliphatic heterocycles. The fourth-order valence-corrected chi connectivity index (χ4v) is 8.05. The summed E-state index contributed by atoms with van der Waals surface area (Å²) in [5.74, 6) is -2.46. The van der Waals surface area contributed by atoms with Gasteiger partial charge in [-0.05, 0) is 79.2 Å². The normalized spacial score (nSPS) is 19.1. The lowest BCUT2D eigenvalue weighted by atomic mass is 9.92. The topological polar surface area (TPSA) is 85.6 Å². The van der Waals surface area contributed by atoms with E-state index in [4.69, 9.17) is 9.72 Å². The summed E-state index contributed by atoms with van der Waals surface area (Å²) >= 11 is 0. The summed E-state index contributed by atoms with van der Waals surface area (Å²) in [6.07, 6.45) is 4.60. The molecule has 0 spiro atoms. The maximum atomic E-state index is 16.9. The molecule has 48 heavy (non-hydrogen) atoms. The lowest BCUT2D eigenvalue weighted by Crippen LogP contribution is -2.55. The van der Waals surface area contributed by atoms with Crippen molar-refractivity contribution in [3.8, 4) is 23.2 Å². The molecular formula is C37H37F3N6O2. The van der Waals surface area contributed by atoms with Gasteiger partial charge in [-0.3, -0.25) is 9.69 Å². The number of carbonyl (C=O) groups excluding carboxylic acids is 1. The van der Waals surface area contributed by atoms with Crippen molar-refractivity contribution in [2.24, 2.45) is 0 Å². The molecule has 11 heteroatoms. The highest BCUT2D eigenvalue weighted by atomic mass is 19.1. The average Bonchev–Trinajstić information content (AvgIpc) is 3.68. The second-order valence-electron chi connectivity index (χ2n) is 13.0. The van der Waals surface area contributed by atoms with E-state index in [-0.39, 0.29) is 54.5 Å². The number of nitrogens with zero attached hydrogens (tertiary/aromatic N) is 6. The number of fused-ring (bicyclic) bond motifs is 3. The Morgan fingerprint density at radius 2 is 1.85 bits per heavy atom. The standard InChI is InChI=1S/C37H37F3N6O2/c1-3-26-30(39)12-9-24-7-4-8-27(31(24)26)28-10-11-29-33(32(28)40)42-36(48-22-37-14-5-17-45(37)18-6-15-37)43-34(29)44-19-20-46(35(47)23(2)38)25(21-44)13-16-41/h4,7-12,25H,2-3,5-6,13-15,17-22H2,1H3/t25-/m0/s1. The Labute approximate surface area is 277 Å². The molecule has 3 aromatic carbocycles. The highest BCUT2D eigenvalue weighted by Gasteiger charge is 2.45. The second-order valence-corrected chi connectivity index (χ2v) is 13.0. The number of carbonyl (C=O) groups is 1. The molecule has 248 valence electrons. The molecule has 4 aromatic rings. The zero-order valence-electron chi connectivity index (χ0n) is 26.9. The molecule has 1 amide bonds. The molecule has 4 heterocycles. The quantitative estimate of drug-likeness (QED) is 0.195. The molecule has 1 atom stereocenters. The number of piperazine rings is 1. The third-order valence-corrected chi connectivity index (χ3v) is 10.4. The Morgan fingerprint density at radius 1 is 1.06 bits per heavy atom. The monoisotopic (exact) mass is 654 g/mol. The van der Waals surface area contributed by atoms with Crippen LogP contribution in [0.25, 0.3) is 32.8 Å². The van der Waals surface area contributed by atoms with Gasteiger partial charge in [0.15, 0.2) is 11.6 Å². The zero-order valence-corrected chi connectivity index (χ0v) is 26.9. The van der Waals surface area contributed by atoms with Crippen molar-refractivity contribution in [3.05, 3.63) is 72.1 Å². The van der Waals surface area contributed by atoms with Gasteiger partial charge in [0.2, 0.25) is 0 Å². The number of benzene rings is 3. The molecule has 0 unspecified atom stereocenters. The summed E-state index contributed by atoms with van der Waals surface area (Å²) in [6.45, 7) is 7.99. The van der Waals surface area contributed by atoms with E-state index in [1.54, 1.807) is 24.3 Å². The maximum absolute atomic E-state index is 16.9. The van der Waals surface area contributed by atoms with E-state index in [1.807, 2.05) is 24.0 Å². The summed E-state index contributed by atoms with van der Waals surface area (Å²) in [7, 11) is 0. The van der Waals surface area contributed by atoms with Crippen LogP contribution in [-0.4, -0.2) is 76.6 Å². The number of anilines is 1. The minimum atomic E-state index is -1.09. The van der Waals surface area contributed by atoms with Crippen LogP contribution in [0.4, 0.5) is 19.0 Å². The highest BCUT2D eigenvalue weighted by molar-refractivity contribution is 6.02. The van der Waals surface area contributed by atoms with Crippen molar-refractivity contribution in [2.75, 3.05) is 44.2 Å². The molecule has 7 rings (SSSR count). The maximum Gasteiger partial charge on any atom is 0.319 e. The molecule has 0 bridgehead atoms. The molecule has 8 nitrogen and oxygen atoms in total. The van der Waals surface area contributed by atoms with Crippen molar-refractivity contribution >= 4 is 33.4 Å². The molecule has 0 aliphatic carbocycles. The van der Waals surface area contributed by atoms with Crippen LogP contribution in [0.1, 0.15) is 44.6 Å². The lowest BCUT2D eigenvalue weighted by molar-refractivity contribution is -0.131. The number of hydrogen-bond donors (Lipinski definition) is 0. The Morgan fingerprint density at radius 3 is 2.58 bits per heavy atom. The van der Waals surface area contributed by atoms with Gasteiger partial charge in [-0.15, -0.1) is 0 Å². The van der Waals surface area contributed by atoms with E-state index >= 15 is 4.39 Å². The van der Waals surface area contributed by atoms with Crippen LogP contribution in [0.5, 0.6) is 6.01 Å². The molecule has 3 saturated heterocycles. The van der Waals surface area contributed by atoms with Gasteiger partial charge in [0.25, 0.3) is 5.91 Å². The number of ether oxygens (including phenoxy) is 1. The summed E-state index contributed by atoms with van der Waals surface area (Å²) in [4.78, 5) is 27.7. The van der Waals surface area contributed by atoms with Gasteiger partial charge in [-0.1, -0.05) is 43.8 Å². The van der Waals surface area contributed by atoms with Crippen molar-refractivity contribution in [3.63, 3.8) is 0 Å². The fourth-order valence-electron chi connectivity index (χ4n) is 8.05. The number of aromatic nitrogens is 2. The first-order valence-corrected chi connectivity index (χ1v) is 16.6. The predicted molar refractivity (Wildman–Crippen MR) is 178 cm³/mol. The Bertz CT molecular complexity index is 1970. The summed E-state index contributed by atoms with van der Waals surface area (Å²) in [5.41, 5.74) is 1.31. The lowest BCUT2D eigenvalue weighted by Gasteiger charge is -2.41. The van der Waals surface area contributed by atoms with Crippen molar-refractivity contribution in [1.82, 2.24) is 19.8 Å². The molecule has 1 aromatic heterocycles. The van der Waals surface area contributed by atoms with Gasteiger partial charge in [0.1, 0.15) is 23.8 Å². The zero-order chi connectivity index (χ0) is 33.6. The Hall–Kier alpha value is -4.69. The second kappa shape index (κ2) is 12.7. The van der Waals surface area contributed by atoms with Gasteiger partial charge in [0.05, 0.1) is 24.1 Å². The Kier molecular flexibility index (Phi) is 8.46. The molecule has 0 N–H and O–H groups in total. The third-order valence-electron chi connectivity index (χ3n) is 10.4. The fraction of sp³-hybridized carbons (Fsp3) is 0.405. The number of amides is 1. The van der Waals surface area contributed by atoms with E-state index in [2.05, 4.69) is 22.5 Å². The van der Waals surface area contributed by atoms with Crippen LogP contribution in [0.2, 0.25) is 0 Å². The first-order valence-electron chi connectivity index (χ1n) is 16.6. The van der Waals surface area contributed by atoms with Gasteiger partial charge in [0, 0.05) is 30.6 Å². The van der Waals surface area contributed by atoms with E-state index in [9.17, 15) is 18.8 Å². The van der Waals surface area contributed by atoms with Gasteiger partial charge >= 0.3 is 6.01 Å². The first kappa shape index (κ1) is 31.9. The number of nitriles is 1. The molecule has 3 aliphatic rings. The smallest absolute Gasteiger partial charge is 0.319 e. The van der Waals surface area contributed by atoms with E-state index in [0.717, 1.165) is 44.2 Å². The Balaban J connectivity index is 1.35. The van der Waals surface area contributed by atoms with Crippen LogP contribution in [-0.2, 0) is 11.2 Å². The highest BCUT2D eigenvalue weighted by Crippen LogP contribution is 2.41. The van der Waals surface area contributed by atoms with Crippen molar-refractivity contribution < 1.29 is 22.7 Å². The van der Waals surface area contributed by atoms with Crippen LogP contribution >= 0.6 is 0 Å². The summed E-state index contributed by atoms with van der Waals surface area (Å²) in [5, 5.41) is 11.4. The summed E-state index contributed by atoms with van der Waals surface area (Å²) < 4.78 is 52.1. The molecular weight excluding hydrogens is 617 g/mol. The van der Waals surface area contributed by atoms with Gasteiger partial charge in [-0.25, -0.2) is 13.2 Å². The van der Waals surface area contributed by atoms with Gasteiger partial charge in [-0.2, -0.15) is 15.2 Å². The third kappa shape index (κ3) is 5.42. The molecule has 0 saturated carbocycles. The van der Waals surface area contributed by atoms with Crippen LogP contribution < -0.4 is 9.64 Å². The summed E-state index contributed by atoms with van der Waals surface area (Å²) in [6, 6.07) is 13.6. The number of rotatable bonds is 8. The van der Waals surface area contributed by atoms with Gasteiger partial charge < -0.3 is 14.5 Å². The number of halogens is 3. The van der Waals surface area contributed by atoms with Crippen LogP contribution in [0.3, 0.4) is 0 Å². The number of hydrogen-bond acceptors (Lipinski definition) is 7. The molecule has 3 fully saturated rings. The first-order chi connectivity index (χ1) is 23.2. The minimum Gasteiger partial charge on any atom is -0.461 e. The molecule has 0 radical (unpaired) electrons. The van der Waals surface area contributed by atoms with Crippen LogP contribution in [0.15, 0.2) is 54.9 Å². The SMILES string of the molecule is C=C(F)C(=O)N1CCN(c2nc(OCC34CCCN3CCC4)nc3c(F)c(-c4cccc5ccc(F)c(CC)c45)ccc23)C[C@@H]1CC#N. The van der Waals surface area contributed by atoms with E-state index < -0.39 is 23.6 Å². The van der Waals surface area contributed by atoms with Crippen molar-refractivity contribution in [2.45, 2.75) is 57.0 Å². The van der Waals surface area contributed by atoms with Crippen molar-refractivity contribution in [1.29, 1.82) is 5.26 Å². The van der Waals surface area contributed by atoms with E-state index in [0.29, 0.717) is 40.7 Å². The van der Waals surface area contributed by atoms with E-state index in [1.165, 1.54) is 11.0 Å². The average molecular weight is 655 g/mol.